The van der Waals surface area contributed by atoms with Crippen molar-refractivity contribution in [3.05, 3.63) is 29.8 Å². The second-order valence-electron chi connectivity index (χ2n) is 5.48. The normalized spacial score (nSPS) is 22.4. The summed E-state index contributed by atoms with van der Waals surface area (Å²) in [6.45, 7) is 0.800. The van der Waals surface area contributed by atoms with Gasteiger partial charge in [-0.15, -0.1) is 0 Å². The number of aliphatic hydroxyl groups is 1. The van der Waals surface area contributed by atoms with Crippen molar-refractivity contribution in [3.63, 3.8) is 0 Å². The first kappa shape index (κ1) is 15.7. The van der Waals surface area contributed by atoms with E-state index in [0.717, 1.165) is 12.5 Å². The number of nitrogens with zero attached hydrogens (tertiary/aromatic N) is 1. The van der Waals surface area contributed by atoms with E-state index >= 15 is 0 Å². The van der Waals surface area contributed by atoms with Crippen LogP contribution in [0, 0.1) is 0 Å². The van der Waals surface area contributed by atoms with Crippen molar-refractivity contribution in [2.45, 2.75) is 37.8 Å². The van der Waals surface area contributed by atoms with E-state index in [9.17, 15) is 18.7 Å². The number of alkyl halides is 2. The maximum atomic E-state index is 13.0. The van der Waals surface area contributed by atoms with E-state index in [0.29, 0.717) is 12.2 Å². The van der Waals surface area contributed by atoms with Crippen LogP contribution in [0.15, 0.2) is 24.3 Å². The summed E-state index contributed by atoms with van der Waals surface area (Å²) < 4.78 is 31.2. The first-order chi connectivity index (χ1) is 9.80. The van der Waals surface area contributed by atoms with Crippen molar-refractivity contribution in [1.29, 1.82) is 0 Å². The molecule has 1 aromatic rings. The number of benzene rings is 1. The lowest BCUT2D eigenvalue weighted by atomic mass is 10.0. The number of carbonyl (C=O) groups excluding carboxylic acids is 1. The predicted octanol–water partition coefficient (Wildman–Crippen LogP) is 2.37. The number of carbonyl (C=O) groups is 1. The minimum Gasteiger partial charge on any atom is -0.497 e. The van der Waals surface area contributed by atoms with E-state index in [1.807, 2.05) is 0 Å². The molecule has 1 aliphatic rings. The molecule has 2 unspecified atom stereocenters. The molecule has 1 aliphatic heterocycles. The molecule has 0 radical (unpaired) electrons. The number of hydrogen-bond donors (Lipinski definition) is 1. The molecule has 0 aromatic heterocycles. The minimum absolute atomic E-state index is 0.0801. The van der Waals surface area contributed by atoms with Crippen molar-refractivity contribution in [2.24, 2.45) is 0 Å². The summed E-state index contributed by atoms with van der Waals surface area (Å²) >= 11 is 0. The maximum Gasteiger partial charge on any atom is 0.254 e. The van der Waals surface area contributed by atoms with Crippen LogP contribution < -0.4 is 4.74 Å². The van der Waals surface area contributed by atoms with Crippen LogP contribution in [0.2, 0.25) is 0 Å². The number of halogens is 2. The molecular weight excluding hydrogens is 280 g/mol. The molecule has 1 N–H and O–H groups in total. The van der Waals surface area contributed by atoms with Gasteiger partial charge >= 0.3 is 0 Å². The summed E-state index contributed by atoms with van der Waals surface area (Å²) in [4.78, 5) is 13.4. The van der Waals surface area contributed by atoms with E-state index in [2.05, 4.69) is 0 Å². The molecule has 0 spiro atoms. The van der Waals surface area contributed by atoms with Gasteiger partial charge in [0.2, 0.25) is 5.91 Å². The van der Waals surface area contributed by atoms with Gasteiger partial charge in [-0.2, -0.15) is 0 Å². The number of hydrogen-bond acceptors (Lipinski definition) is 3. The second kappa shape index (κ2) is 5.97. The zero-order valence-electron chi connectivity index (χ0n) is 12.1. The van der Waals surface area contributed by atoms with E-state index in [4.69, 9.17) is 4.74 Å². The van der Waals surface area contributed by atoms with Crippen molar-refractivity contribution in [2.75, 3.05) is 13.7 Å². The Morgan fingerprint density at radius 3 is 2.86 bits per heavy atom. The van der Waals surface area contributed by atoms with E-state index in [1.165, 1.54) is 12.0 Å². The standard InChI is InChI=1S/C15H19F2NO3/c1-15(16,17)8-14(20)18-9-11(19)7-13(18)10-4-3-5-12(6-10)21-2/h3-6,11,13,19H,7-9H2,1-2H3. The lowest BCUT2D eigenvalue weighted by molar-refractivity contribution is -0.139. The number of methoxy groups -OCH3 is 1. The monoisotopic (exact) mass is 299 g/mol. The molecule has 6 heteroatoms. The molecule has 1 heterocycles. The van der Waals surface area contributed by atoms with Gasteiger partial charge in [0, 0.05) is 6.54 Å². The van der Waals surface area contributed by atoms with Crippen molar-refractivity contribution in [1.82, 2.24) is 4.90 Å². The highest BCUT2D eigenvalue weighted by atomic mass is 19.3. The highest BCUT2D eigenvalue weighted by molar-refractivity contribution is 5.78. The summed E-state index contributed by atoms with van der Waals surface area (Å²) in [5.74, 6) is -3.07. The molecule has 21 heavy (non-hydrogen) atoms. The molecule has 116 valence electrons. The van der Waals surface area contributed by atoms with Gasteiger partial charge in [0.1, 0.15) is 5.75 Å². The Balaban J connectivity index is 2.21. The van der Waals surface area contributed by atoms with Crippen molar-refractivity contribution in [3.8, 4) is 5.75 Å². The van der Waals surface area contributed by atoms with Crippen LogP contribution in [0.1, 0.15) is 31.4 Å². The maximum absolute atomic E-state index is 13.0. The van der Waals surface area contributed by atoms with Gasteiger partial charge in [0.05, 0.1) is 25.7 Å². The Bertz CT molecular complexity index is 516. The van der Waals surface area contributed by atoms with Crippen molar-refractivity contribution < 1.29 is 23.4 Å². The Morgan fingerprint density at radius 1 is 1.52 bits per heavy atom. The van der Waals surface area contributed by atoms with Crippen LogP contribution in [-0.4, -0.2) is 41.6 Å². The van der Waals surface area contributed by atoms with Gasteiger partial charge in [-0.3, -0.25) is 4.79 Å². The third-order valence-corrected chi connectivity index (χ3v) is 3.54. The highest BCUT2D eigenvalue weighted by Gasteiger charge is 2.38. The summed E-state index contributed by atoms with van der Waals surface area (Å²) in [5.41, 5.74) is 0.777. The predicted molar refractivity (Wildman–Crippen MR) is 73.3 cm³/mol. The van der Waals surface area contributed by atoms with Crippen molar-refractivity contribution >= 4 is 5.91 Å². The fourth-order valence-corrected chi connectivity index (χ4v) is 2.62. The van der Waals surface area contributed by atoms with Crippen LogP contribution in [0.3, 0.4) is 0 Å². The number of ether oxygens (including phenoxy) is 1. The fraction of sp³-hybridized carbons (Fsp3) is 0.533. The van der Waals surface area contributed by atoms with E-state index in [-0.39, 0.29) is 6.54 Å². The average molecular weight is 299 g/mol. The Hall–Kier alpha value is -1.69. The second-order valence-corrected chi connectivity index (χ2v) is 5.48. The average Bonchev–Trinajstić information content (AvgIpc) is 2.79. The summed E-state index contributed by atoms with van der Waals surface area (Å²) in [7, 11) is 1.53. The molecule has 1 saturated heterocycles. The Morgan fingerprint density at radius 2 is 2.24 bits per heavy atom. The van der Waals surface area contributed by atoms with E-state index < -0.39 is 30.4 Å². The van der Waals surface area contributed by atoms with Crippen LogP contribution in [0.25, 0.3) is 0 Å². The largest absolute Gasteiger partial charge is 0.497 e. The minimum atomic E-state index is -3.05. The summed E-state index contributed by atoms with van der Waals surface area (Å²) in [6.07, 6.45) is -1.20. The molecule has 0 saturated carbocycles. The zero-order chi connectivity index (χ0) is 15.6. The van der Waals surface area contributed by atoms with Gasteiger partial charge in [0.15, 0.2) is 0 Å². The molecule has 0 aliphatic carbocycles. The van der Waals surface area contributed by atoms with Crippen LogP contribution in [-0.2, 0) is 4.79 Å². The molecule has 2 rings (SSSR count). The Kier molecular flexibility index (Phi) is 4.46. The molecule has 4 nitrogen and oxygen atoms in total. The Labute approximate surface area is 122 Å². The number of likely N-dealkylation sites (tertiary alicyclic amines) is 1. The third kappa shape index (κ3) is 3.91. The van der Waals surface area contributed by atoms with Gasteiger partial charge in [-0.05, 0) is 31.0 Å². The smallest absolute Gasteiger partial charge is 0.254 e. The van der Waals surface area contributed by atoms with E-state index in [1.54, 1.807) is 24.3 Å². The number of aliphatic hydroxyl groups excluding tert-OH is 1. The highest BCUT2D eigenvalue weighted by Crippen LogP contribution is 2.35. The summed E-state index contributed by atoms with van der Waals surface area (Å²) in [6, 6.07) is 6.70. The first-order valence-electron chi connectivity index (χ1n) is 6.79. The SMILES string of the molecule is COc1cccc(C2CC(O)CN2C(=O)CC(C)(F)F)c1. The molecule has 2 atom stereocenters. The van der Waals surface area contributed by atoms with Crippen LogP contribution >= 0.6 is 0 Å². The summed E-state index contributed by atoms with van der Waals surface area (Å²) in [5, 5.41) is 9.79. The molecule has 1 aromatic carbocycles. The molecule has 1 fully saturated rings. The lowest BCUT2D eigenvalue weighted by Gasteiger charge is -2.26. The number of β-amino-alcohol motifs (C(OH)–C–C–N with tert-alkyl or cyclic N) is 1. The van der Waals surface area contributed by atoms with Gasteiger partial charge < -0.3 is 14.7 Å². The molecule has 1 amide bonds. The van der Waals surface area contributed by atoms with Crippen LogP contribution in [0.5, 0.6) is 5.75 Å². The van der Waals surface area contributed by atoms with Gasteiger partial charge in [-0.1, -0.05) is 12.1 Å². The lowest BCUT2D eigenvalue weighted by Crippen LogP contribution is -2.35. The third-order valence-electron chi connectivity index (χ3n) is 3.54. The quantitative estimate of drug-likeness (QED) is 0.928. The zero-order valence-corrected chi connectivity index (χ0v) is 12.1. The fourth-order valence-electron chi connectivity index (χ4n) is 2.62. The molecule has 0 bridgehead atoms. The van der Waals surface area contributed by atoms with Gasteiger partial charge in [0.25, 0.3) is 5.92 Å². The molecular formula is C15H19F2NO3. The number of amides is 1. The van der Waals surface area contributed by atoms with Crippen LogP contribution in [0.4, 0.5) is 8.78 Å². The number of rotatable bonds is 4. The van der Waals surface area contributed by atoms with Gasteiger partial charge in [-0.25, -0.2) is 8.78 Å². The first-order valence-corrected chi connectivity index (χ1v) is 6.79. The topological polar surface area (TPSA) is 49.8 Å².